The minimum atomic E-state index is -2.18. The van der Waals surface area contributed by atoms with Crippen LogP contribution in [-0.4, -0.2) is 24.5 Å². The van der Waals surface area contributed by atoms with Gasteiger partial charge in [0, 0.05) is 31.4 Å². The van der Waals surface area contributed by atoms with Crippen LogP contribution in [0.1, 0.15) is 12.8 Å². The molecule has 88 valence electrons. The molecule has 0 bridgehead atoms. The zero-order valence-electron chi connectivity index (χ0n) is 8.74. The van der Waals surface area contributed by atoms with Crippen LogP contribution in [-0.2, 0) is 0 Å². The summed E-state index contributed by atoms with van der Waals surface area (Å²) < 4.78 is 25.9. The number of rotatable bonds is 2. The Labute approximate surface area is 102 Å². The predicted molar refractivity (Wildman–Crippen MR) is 62.9 cm³/mol. The SMILES string of the molecule is FC(F)C1CCN(c2ccncc2Br)CC1. The molecule has 0 aliphatic carbocycles. The van der Waals surface area contributed by atoms with Gasteiger partial charge in [0.25, 0.3) is 0 Å². The van der Waals surface area contributed by atoms with Crippen molar-refractivity contribution in [3.05, 3.63) is 22.9 Å². The summed E-state index contributed by atoms with van der Waals surface area (Å²) in [5.74, 6) is -0.433. The second-order valence-corrected chi connectivity index (χ2v) is 4.84. The van der Waals surface area contributed by atoms with Gasteiger partial charge in [0.15, 0.2) is 0 Å². The first-order chi connectivity index (χ1) is 7.68. The van der Waals surface area contributed by atoms with E-state index in [-0.39, 0.29) is 0 Å². The van der Waals surface area contributed by atoms with Gasteiger partial charge in [-0.15, -0.1) is 0 Å². The van der Waals surface area contributed by atoms with Crippen molar-refractivity contribution in [2.24, 2.45) is 5.92 Å². The Balaban J connectivity index is 2.02. The Kier molecular flexibility index (Phi) is 3.74. The number of aromatic nitrogens is 1. The average molecular weight is 291 g/mol. The van der Waals surface area contributed by atoms with Crippen molar-refractivity contribution in [2.75, 3.05) is 18.0 Å². The first-order valence-electron chi connectivity index (χ1n) is 5.31. The van der Waals surface area contributed by atoms with Crippen LogP contribution in [0.15, 0.2) is 22.9 Å². The molecule has 16 heavy (non-hydrogen) atoms. The summed E-state index contributed by atoms with van der Waals surface area (Å²) in [6, 6.07) is 1.91. The minimum absolute atomic E-state index is 0.433. The molecule has 0 spiro atoms. The Hall–Kier alpha value is -0.710. The fourth-order valence-corrected chi connectivity index (χ4v) is 2.52. The lowest BCUT2D eigenvalue weighted by atomic mass is 9.97. The van der Waals surface area contributed by atoms with Gasteiger partial charge in [0.1, 0.15) is 0 Å². The highest BCUT2D eigenvalue weighted by atomic mass is 79.9. The molecule has 2 heterocycles. The standard InChI is InChI=1S/C11H13BrF2N2/c12-9-7-15-4-1-10(9)16-5-2-8(3-6-16)11(13)14/h1,4,7-8,11H,2-3,5-6H2. The summed E-state index contributed by atoms with van der Waals surface area (Å²) in [6.07, 6.45) is 2.40. The molecule has 1 aliphatic rings. The summed E-state index contributed by atoms with van der Waals surface area (Å²) in [4.78, 5) is 6.12. The highest BCUT2D eigenvalue weighted by Gasteiger charge is 2.26. The third-order valence-electron chi connectivity index (χ3n) is 2.99. The summed E-state index contributed by atoms with van der Waals surface area (Å²) in [7, 11) is 0. The van der Waals surface area contributed by atoms with Gasteiger partial charge in [-0.25, -0.2) is 8.78 Å². The number of pyridine rings is 1. The van der Waals surface area contributed by atoms with Crippen molar-refractivity contribution in [1.82, 2.24) is 4.98 Å². The number of halogens is 3. The molecule has 1 aromatic heterocycles. The highest BCUT2D eigenvalue weighted by molar-refractivity contribution is 9.10. The molecule has 1 saturated heterocycles. The zero-order chi connectivity index (χ0) is 11.5. The van der Waals surface area contributed by atoms with E-state index in [1.807, 2.05) is 6.07 Å². The Morgan fingerprint density at radius 3 is 2.62 bits per heavy atom. The number of alkyl halides is 2. The molecular formula is C11H13BrF2N2. The van der Waals surface area contributed by atoms with Gasteiger partial charge in [-0.05, 0) is 34.8 Å². The van der Waals surface area contributed by atoms with Crippen molar-refractivity contribution >= 4 is 21.6 Å². The third kappa shape index (κ3) is 2.51. The van der Waals surface area contributed by atoms with Crippen molar-refractivity contribution < 1.29 is 8.78 Å². The number of hydrogen-bond acceptors (Lipinski definition) is 2. The summed E-state index contributed by atoms with van der Waals surface area (Å²) in [6.45, 7) is 1.38. The van der Waals surface area contributed by atoms with Crippen LogP contribution in [0, 0.1) is 5.92 Å². The van der Waals surface area contributed by atoms with Crippen LogP contribution < -0.4 is 4.90 Å². The Bertz CT molecular complexity index is 352. The molecule has 0 saturated carbocycles. The first-order valence-corrected chi connectivity index (χ1v) is 6.10. The minimum Gasteiger partial charge on any atom is -0.371 e. The maximum absolute atomic E-state index is 12.5. The molecule has 0 radical (unpaired) electrons. The average Bonchev–Trinajstić information content (AvgIpc) is 2.30. The van der Waals surface area contributed by atoms with Gasteiger partial charge >= 0.3 is 0 Å². The molecule has 2 nitrogen and oxygen atoms in total. The topological polar surface area (TPSA) is 16.1 Å². The van der Waals surface area contributed by atoms with Crippen LogP contribution in [0.3, 0.4) is 0 Å². The van der Waals surface area contributed by atoms with Crippen molar-refractivity contribution in [2.45, 2.75) is 19.3 Å². The second kappa shape index (κ2) is 5.08. The zero-order valence-corrected chi connectivity index (χ0v) is 10.3. The molecule has 0 aromatic carbocycles. The lowest BCUT2D eigenvalue weighted by molar-refractivity contribution is 0.0636. The van der Waals surface area contributed by atoms with Crippen LogP contribution in [0.25, 0.3) is 0 Å². The van der Waals surface area contributed by atoms with E-state index in [0.717, 1.165) is 10.2 Å². The normalized spacial score (nSPS) is 18.1. The van der Waals surface area contributed by atoms with Gasteiger partial charge in [-0.2, -0.15) is 0 Å². The molecule has 2 rings (SSSR count). The molecule has 1 aliphatic heterocycles. The van der Waals surface area contributed by atoms with E-state index >= 15 is 0 Å². The lowest BCUT2D eigenvalue weighted by Gasteiger charge is -2.33. The fraction of sp³-hybridized carbons (Fsp3) is 0.545. The molecule has 1 fully saturated rings. The van der Waals surface area contributed by atoms with E-state index in [4.69, 9.17) is 0 Å². The monoisotopic (exact) mass is 290 g/mol. The van der Waals surface area contributed by atoms with Crippen LogP contribution in [0.4, 0.5) is 14.5 Å². The highest BCUT2D eigenvalue weighted by Crippen LogP contribution is 2.30. The summed E-state index contributed by atoms with van der Waals surface area (Å²) in [5, 5.41) is 0. The molecule has 1 aromatic rings. The molecule has 5 heteroatoms. The third-order valence-corrected chi connectivity index (χ3v) is 3.60. The molecule has 0 atom stereocenters. The lowest BCUT2D eigenvalue weighted by Crippen LogP contribution is -2.36. The summed E-state index contributed by atoms with van der Waals surface area (Å²) >= 11 is 3.42. The summed E-state index contributed by atoms with van der Waals surface area (Å²) in [5.41, 5.74) is 1.04. The van der Waals surface area contributed by atoms with E-state index in [2.05, 4.69) is 25.8 Å². The first kappa shape index (κ1) is 11.8. The van der Waals surface area contributed by atoms with Crippen LogP contribution in [0.5, 0.6) is 0 Å². The van der Waals surface area contributed by atoms with Gasteiger partial charge in [0.05, 0.1) is 10.2 Å². The van der Waals surface area contributed by atoms with E-state index in [0.29, 0.717) is 25.9 Å². The Morgan fingerprint density at radius 1 is 1.38 bits per heavy atom. The molecular weight excluding hydrogens is 278 g/mol. The maximum atomic E-state index is 12.5. The molecule has 0 N–H and O–H groups in total. The number of nitrogens with zero attached hydrogens (tertiary/aromatic N) is 2. The molecule has 0 unspecified atom stereocenters. The van der Waals surface area contributed by atoms with Crippen molar-refractivity contribution in [3.63, 3.8) is 0 Å². The van der Waals surface area contributed by atoms with Gasteiger partial charge in [-0.1, -0.05) is 0 Å². The van der Waals surface area contributed by atoms with Gasteiger partial charge < -0.3 is 4.90 Å². The largest absolute Gasteiger partial charge is 0.371 e. The van der Waals surface area contributed by atoms with Crippen molar-refractivity contribution in [3.8, 4) is 0 Å². The number of hydrogen-bond donors (Lipinski definition) is 0. The van der Waals surface area contributed by atoms with Crippen LogP contribution in [0.2, 0.25) is 0 Å². The van der Waals surface area contributed by atoms with Gasteiger partial charge in [-0.3, -0.25) is 4.98 Å². The number of piperidine rings is 1. The predicted octanol–water partition coefficient (Wildman–Crippen LogP) is 3.33. The molecule has 0 amide bonds. The Morgan fingerprint density at radius 2 is 2.06 bits per heavy atom. The quantitative estimate of drug-likeness (QED) is 0.831. The van der Waals surface area contributed by atoms with E-state index in [1.54, 1.807) is 12.4 Å². The van der Waals surface area contributed by atoms with Gasteiger partial charge in [0.2, 0.25) is 6.43 Å². The van der Waals surface area contributed by atoms with E-state index < -0.39 is 12.3 Å². The second-order valence-electron chi connectivity index (χ2n) is 3.99. The number of anilines is 1. The van der Waals surface area contributed by atoms with E-state index in [9.17, 15) is 8.78 Å². The van der Waals surface area contributed by atoms with Crippen molar-refractivity contribution in [1.29, 1.82) is 0 Å². The smallest absolute Gasteiger partial charge is 0.241 e. The fourth-order valence-electron chi connectivity index (χ4n) is 2.02. The maximum Gasteiger partial charge on any atom is 0.241 e. The van der Waals surface area contributed by atoms with E-state index in [1.165, 1.54) is 0 Å². The van der Waals surface area contributed by atoms with Crippen LogP contribution >= 0.6 is 15.9 Å².